The summed E-state index contributed by atoms with van der Waals surface area (Å²) in [7, 11) is 0. The molecule has 23 heavy (non-hydrogen) atoms. The van der Waals surface area contributed by atoms with Crippen molar-refractivity contribution in [3.63, 3.8) is 0 Å². The Labute approximate surface area is 143 Å². The predicted molar refractivity (Wildman–Crippen MR) is 89.0 cm³/mol. The van der Waals surface area contributed by atoms with Gasteiger partial charge in [0, 0.05) is 21.7 Å². The second kappa shape index (κ2) is 6.21. The Morgan fingerprint density at radius 3 is 2.87 bits per heavy atom. The van der Waals surface area contributed by atoms with Crippen LogP contribution in [-0.2, 0) is 4.79 Å². The molecule has 0 bridgehead atoms. The van der Waals surface area contributed by atoms with Gasteiger partial charge < -0.3 is 10.4 Å². The van der Waals surface area contributed by atoms with Crippen LogP contribution in [0.3, 0.4) is 0 Å². The second-order valence-corrected chi connectivity index (χ2v) is 6.60. The number of thiazole rings is 1. The third-order valence-corrected chi connectivity index (χ3v) is 4.83. The van der Waals surface area contributed by atoms with Gasteiger partial charge in [0.25, 0.3) is 0 Å². The van der Waals surface area contributed by atoms with Gasteiger partial charge in [-0.05, 0) is 24.6 Å². The van der Waals surface area contributed by atoms with Crippen molar-refractivity contribution in [1.82, 2.24) is 10.3 Å². The number of aliphatic imine (C=N–C) groups is 1. The Balaban J connectivity index is 2.14. The average Bonchev–Trinajstić information content (AvgIpc) is 3.00. The summed E-state index contributed by atoms with van der Waals surface area (Å²) in [5, 5.41) is 15.0. The van der Waals surface area contributed by atoms with Gasteiger partial charge in [0.1, 0.15) is 11.9 Å². The molecule has 1 aliphatic heterocycles. The molecule has 0 aliphatic carbocycles. The van der Waals surface area contributed by atoms with Crippen LogP contribution in [-0.4, -0.2) is 21.9 Å². The number of rotatable bonds is 3. The molecular formula is C15H11BrFN3O2S. The summed E-state index contributed by atoms with van der Waals surface area (Å²) in [6, 6.07) is 3.37. The van der Waals surface area contributed by atoms with Crippen molar-refractivity contribution in [2.45, 2.75) is 13.0 Å². The largest absolute Gasteiger partial charge is 0.478 e. The molecule has 0 saturated carbocycles. The van der Waals surface area contributed by atoms with E-state index in [1.807, 2.05) is 5.38 Å². The molecule has 0 fully saturated rings. The number of carboxylic acids is 1. The van der Waals surface area contributed by atoms with Crippen molar-refractivity contribution in [1.29, 1.82) is 0 Å². The summed E-state index contributed by atoms with van der Waals surface area (Å²) in [6.07, 6.45) is 1.65. The van der Waals surface area contributed by atoms with Crippen LogP contribution >= 0.6 is 27.3 Å². The van der Waals surface area contributed by atoms with Crippen molar-refractivity contribution in [2.75, 3.05) is 0 Å². The fourth-order valence-corrected chi connectivity index (χ4v) is 3.51. The fraction of sp³-hybridized carbons (Fsp3) is 0.133. The van der Waals surface area contributed by atoms with Gasteiger partial charge in [-0.1, -0.05) is 22.0 Å². The lowest BCUT2D eigenvalue weighted by molar-refractivity contribution is -0.133. The standard InChI is InChI=1S/C15H11BrFN3O2S/c1-7-11(15(21)22)12(9-3-2-8(17)6-10(9)16)20-13(19-7)14-18-4-5-23-14/h2-6,12H,1H3,(H,19,20)(H,21,22)/t12-/m0/s1. The third-order valence-electron chi connectivity index (χ3n) is 3.36. The first-order valence-electron chi connectivity index (χ1n) is 6.61. The first kappa shape index (κ1) is 15.8. The Bertz CT molecular complexity index is 833. The van der Waals surface area contributed by atoms with Crippen LogP contribution in [0.25, 0.3) is 0 Å². The van der Waals surface area contributed by atoms with Crippen LogP contribution in [0.5, 0.6) is 0 Å². The number of carboxylic acid groups (broad SMARTS) is 1. The summed E-state index contributed by atoms with van der Waals surface area (Å²) < 4.78 is 13.8. The summed E-state index contributed by atoms with van der Waals surface area (Å²) in [4.78, 5) is 20.3. The van der Waals surface area contributed by atoms with Crippen molar-refractivity contribution in [2.24, 2.45) is 4.99 Å². The zero-order valence-corrected chi connectivity index (χ0v) is 14.3. The lowest BCUT2D eigenvalue weighted by Gasteiger charge is -2.25. The van der Waals surface area contributed by atoms with Gasteiger partial charge in [-0.15, -0.1) is 11.3 Å². The van der Waals surface area contributed by atoms with E-state index in [1.54, 1.807) is 13.1 Å². The number of carbonyl (C=O) groups is 1. The highest BCUT2D eigenvalue weighted by molar-refractivity contribution is 9.10. The fourth-order valence-electron chi connectivity index (χ4n) is 2.35. The third kappa shape index (κ3) is 3.04. The lowest BCUT2D eigenvalue weighted by Crippen LogP contribution is -2.32. The van der Waals surface area contributed by atoms with E-state index in [0.717, 1.165) is 0 Å². The van der Waals surface area contributed by atoms with Gasteiger partial charge in [0.05, 0.1) is 5.57 Å². The zero-order valence-electron chi connectivity index (χ0n) is 11.9. The molecule has 2 heterocycles. The van der Waals surface area contributed by atoms with Gasteiger partial charge >= 0.3 is 5.97 Å². The minimum absolute atomic E-state index is 0.123. The number of benzene rings is 1. The number of halogens is 2. The molecule has 2 N–H and O–H groups in total. The van der Waals surface area contributed by atoms with Crippen LogP contribution < -0.4 is 5.32 Å². The van der Waals surface area contributed by atoms with Crippen molar-refractivity contribution in [3.8, 4) is 0 Å². The number of allylic oxidation sites excluding steroid dienone is 1. The number of aliphatic carboxylic acids is 1. The highest BCUT2D eigenvalue weighted by Crippen LogP contribution is 2.36. The van der Waals surface area contributed by atoms with Crippen LogP contribution in [0.4, 0.5) is 4.39 Å². The average molecular weight is 396 g/mol. The summed E-state index contributed by atoms with van der Waals surface area (Å²) in [6.45, 7) is 1.68. The number of nitrogens with zero attached hydrogens (tertiary/aromatic N) is 2. The van der Waals surface area contributed by atoms with E-state index in [1.165, 1.54) is 29.5 Å². The second-order valence-electron chi connectivity index (χ2n) is 4.85. The van der Waals surface area contributed by atoms with E-state index in [0.29, 0.717) is 26.6 Å². The van der Waals surface area contributed by atoms with Gasteiger partial charge in [0.2, 0.25) is 0 Å². The van der Waals surface area contributed by atoms with E-state index in [9.17, 15) is 14.3 Å². The van der Waals surface area contributed by atoms with Crippen LogP contribution in [0.2, 0.25) is 0 Å². The van der Waals surface area contributed by atoms with Gasteiger partial charge in [0.15, 0.2) is 10.8 Å². The molecule has 0 spiro atoms. The van der Waals surface area contributed by atoms with Crippen molar-refractivity contribution in [3.05, 3.63) is 61.9 Å². The molecule has 1 aromatic heterocycles. The van der Waals surface area contributed by atoms with E-state index in [2.05, 4.69) is 31.2 Å². The van der Waals surface area contributed by atoms with E-state index in [-0.39, 0.29) is 5.57 Å². The van der Waals surface area contributed by atoms with Crippen LogP contribution in [0.15, 0.2) is 50.5 Å². The quantitative estimate of drug-likeness (QED) is 0.833. The van der Waals surface area contributed by atoms with Gasteiger partial charge in [-0.2, -0.15) is 0 Å². The Morgan fingerprint density at radius 2 is 2.26 bits per heavy atom. The molecule has 2 aromatic rings. The normalized spacial score (nSPS) is 17.7. The SMILES string of the molecule is CC1=C(C(=O)O)[C@H](c2ccc(F)cc2Br)N=C(c2nccs2)N1. The van der Waals surface area contributed by atoms with Crippen LogP contribution in [0, 0.1) is 5.82 Å². The lowest BCUT2D eigenvalue weighted by atomic mass is 9.96. The molecule has 1 aromatic carbocycles. The number of amidine groups is 1. The highest BCUT2D eigenvalue weighted by atomic mass is 79.9. The molecule has 1 aliphatic rings. The topological polar surface area (TPSA) is 74.6 Å². The van der Waals surface area contributed by atoms with Crippen molar-refractivity contribution >= 4 is 39.1 Å². The maximum absolute atomic E-state index is 13.3. The minimum atomic E-state index is -1.07. The van der Waals surface area contributed by atoms with Gasteiger partial charge in [-0.3, -0.25) is 4.99 Å². The van der Waals surface area contributed by atoms with E-state index in [4.69, 9.17) is 0 Å². The smallest absolute Gasteiger partial charge is 0.335 e. The molecular weight excluding hydrogens is 385 g/mol. The molecule has 3 rings (SSSR count). The molecule has 1 atom stereocenters. The first-order chi connectivity index (χ1) is 11.0. The summed E-state index contributed by atoms with van der Waals surface area (Å²) in [5.41, 5.74) is 1.19. The number of aromatic nitrogens is 1. The Morgan fingerprint density at radius 1 is 1.48 bits per heavy atom. The maximum atomic E-state index is 13.3. The summed E-state index contributed by atoms with van der Waals surface area (Å²) in [5.74, 6) is -0.974. The maximum Gasteiger partial charge on any atom is 0.335 e. The van der Waals surface area contributed by atoms with E-state index >= 15 is 0 Å². The molecule has 0 saturated heterocycles. The molecule has 8 heteroatoms. The minimum Gasteiger partial charge on any atom is -0.478 e. The summed E-state index contributed by atoms with van der Waals surface area (Å²) >= 11 is 4.69. The zero-order chi connectivity index (χ0) is 16.6. The Hall–Kier alpha value is -2.06. The highest BCUT2D eigenvalue weighted by Gasteiger charge is 2.31. The number of hydrogen-bond acceptors (Lipinski definition) is 5. The van der Waals surface area contributed by atoms with Crippen LogP contribution in [0.1, 0.15) is 23.5 Å². The van der Waals surface area contributed by atoms with E-state index < -0.39 is 17.8 Å². The molecule has 0 amide bonds. The Kier molecular flexibility index (Phi) is 4.27. The number of nitrogens with one attached hydrogen (secondary N) is 1. The van der Waals surface area contributed by atoms with Gasteiger partial charge in [-0.25, -0.2) is 14.2 Å². The number of hydrogen-bond donors (Lipinski definition) is 2. The molecule has 0 unspecified atom stereocenters. The molecule has 5 nitrogen and oxygen atoms in total. The van der Waals surface area contributed by atoms with Crippen molar-refractivity contribution < 1.29 is 14.3 Å². The first-order valence-corrected chi connectivity index (χ1v) is 8.28. The monoisotopic (exact) mass is 395 g/mol. The molecule has 0 radical (unpaired) electrons. The molecule has 118 valence electrons. The predicted octanol–water partition coefficient (Wildman–Crippen LogP) is 3.49.